The maximum absolute atomic E-state index is 12.5. The molecule has 2 N–H and O–H groups in total. The predicted octanol–water partition coefficient (Wildman–Crippen LogP) is 0.587. The van der Waals surface area contributed by atoms with Crippen LogP contribution in [0.3, 0.4) is 0 Å². The molecule has 108 valence electrons. The van der Waals surface area contributed by atoms with Crippen molar-refractivity contribution in [2.24, 2.45) is 5.92 Å². The fourth-order valence-corrected chi connectivity index (χ4v) is 2.90. The normalized spacial score (nSPS) is 28.9. The van der Waals surface area contributed by atoms with Gasteiger partial charge in [-0.25, -0.2) is 4.79 Å². The summed E-state index contributed by atoms with van der Waals surface area (Å²) in [6, 6.07) is 0.0820. The number of hydrogen-bond donors (Lipinski definition) is 2. The number of amides is 2. The molecule has 2 fully saturated rings. The Hall–Kier alpha value is -1.30. The largest absolute Gasteiger partial charge is 0.481 e. The van der Waals surface area contributed by atoms with Crippen molar-refractivity contribution < 1.29 is 14.7 Å². The number of carboxylic acid groups (broad SMARTS) is 1. The van der Waals surface area contributed by atoms with Crippen molar-refractivity contribution >= 4 is 12.0 Å². The van der Waals surface area contributed by atoms with Crippen LogP contribution in [0.2, 0.25) is 0 Å². The third-order valence-corrected chi connectivity index (χ3v) is 4.08. The van der Waals surface area contributed by atoms with Crippen LogP contribution in [0.15, 0.2) is 0 Å². The molecule has 0 aromatic carbocycles. The molecule has 0 saturated carbocycles. The molecule has 2 unspecified atom stereocenters. The van der Waals surface area contributed by atoms with Gasteiger partial charge in [0, 0.05) is 32.2 Å². The van der Waals surface area contributed by atoms with Crippen molar-refractivity contribution in [1.82, 2.24) is 15.1 Å². The monoisotopic (exact) mass is 269 g/mol. The van der Waals surface area contributed by atoms with E-state index in [9.17, 15) is 9.59 Å². The van der Waals surface area contributed by atoms with Gasteiger partial charge in [-0.1, -0.05) is 0 Å². The number of carboxylic acids is 1. The first-order valence-electron chi connectivity index (χ1n) is 7.08. The van der Waals surface area contributed by atoms with Crippen LogP contribution < -0.4 is 5.32 Å². The molecule has 6 heteroatoms. The number of nitrogens with zero attached hydrogens (tertiary/aromatic N) is 2. The van der Waals surface area contributed by atoms with Crippen molar-refractivity contribution in [2.45, 2.75) is 32.2 Å². The second kappa shape index (κ2) is 6.23. The predicted molar refractivity (Wildman–Crippen MR) is 71.0 cm³/mol. The Balaban J connectivity index is 1.94. The maximum Gasteiger partial charge on any atom is 0.320 e. The summed E-state index contributed by atoms with van der Waals surface area (Å²) in [5, 5.41) is 12.3. The van der Waals surface area contributed by atoms with Gasteiger partial charge in [0.05, 0.1) is 5.92 Å². The number of piperidine rings is 1. The smallest absolute Gasteiger partial charge is 0.320 e. The number of likely N-dealkylation sites (tertiary alicyclic amines) is 1. The highest BCUT2D eigenvalue weighted by Crippen LogP contribution is 2.24. The lowest BCUT2D eigenvalue weighted by Gasteiger charge is -2.39. The van der Waals surface area contributed by atoms with Gasteiger partial charge in [-0.2, -0.15) is 0 Å². The Morgan fingerprint density at radius 2 is 2.00 bits per heavy atom. The third-order valence-electron chi connectivity index (χ3n) is 4.08. The van der Waals surface area contributed by atoms with E-state index < -0.39 is 5.97 Å². The minimum Gasteiger partial charge on any atom is -0.481 e. The summed E-state index contributed by atoms with van der Waals surface area (Å²) < 4.78 is 0. The Morgan fingerprint density at radius 1 is 1.21 bits per heavy atom. The second-order valence-electron chi connectivity index (χ2n) is 5.48. The van der Waals surface area contributed by atoms with Gasteiger partial charge in [0.2, 0.25) is 0 Å². The maximum atomic E-state index is 12.5. The van der Waals surface area contributed by atoms with E-state index >= 15 is 0 Å². The van der Waals surface area contributed by atoms with Crippen LogP contribution in [0.1, 0.15) is 26.2 Å². The van der Waals surface area contributed by atoms with Gasteiger partial charge in [-0.15, -0.1) is 0 Å². The van der Waals surface area contributed by atoms with E-state index in [2.05, 4.69) is 5.32 Å². The van der Waals surface area contributed by atoms with Gasteiger partial charge in [-0.3, -0.25) is 4.79 Å². The van der Waals surface area contributed by atoms with Crippen molar-refractivity contribution in [1.29, 1.82) is 0 Å². The highest BCUT2D eigenvalue weighted by Gasteiger charge is 2.34. The number of rotatable bonds is 1. The van der Waals surface area contributed by atoms with Crippen molar-refractivity contribution in [3.05, 3.63) is 0 Å². The summed E-state index contributed by atoms with van der Waals surface area (Å²) in [4.78, 5) is 27.2. The molecule has 19 heavy (non-hydrogen) atoms. The molecule has 0 aromatic heterocycles. The fourth-order valence-electron chi connectivity index (χ4n) is 2.90. The average Bonchev–Trinajstić information content (AvgIpc) is 2.66. The van der Waals surface area contributed by atoms with Crippen LogP contribution in [0.4, 0.5) is 4.79 Å². The molecule has 2 heterocycles. The lowest BCUT2D eigenvalue weighted by atomic mass is 9.92. The summed E-state index contributed by atoms with van der Waals surface area (Å²) >= 11 is 0. The molecule has 0 radical (unpaired) electrons. The number of carbonyl (C=O) groups excluding carboxylic acids is 1. The summed E-state index contributed by atoms with van der Waals surface area (Å²) in [6.45, 7) is 5.83. The Labute approximate surface area is 113 Å². The first-order valence-corrected chi connectivity index (χ1v) is 7.08. The van der Waals surface area contributed by atoms with Crippen LogP contribution in [0, 0.1) is 5.92 Å². The molecule has 2 aliphatic rings. The fraction of sp³-hybridized carbons (Fsp3) is 0.846. The number of nitrogens with one attached hydrogen (secondary N) is 1. The molecule has 6 nitrogen and oxygen atoms in total. The van der Waals surface area contributed by atoms with E-state index in [-0.39, 0.29) is 18.0 Å². The quantitative estimate of drug-likeness (QED) is 0.730. The SMILES string of the molecule is CC1CC(C(=O)O)CCN1C(=O)N1CCCNCC1. The molecule has 0 bridgehead atoms. The zero-order valence-corrected chi connectivity index (χ0v) is 11.5. The highest BCUT2D eigenvalue weighted by molar-refractivity contribution is 5.76. The molecule has 0 aromatic rings. The summed E-state index contributed by atoms with van der Waals surface area (Å²) in [6.07, 6.45) is 2.11. The molecule has 2 saturated heterocycles. The van der Waals surface area contributed by atoms with Gasteiger partial charge < -0.3 is 20.2 Å². The molecule has 0 spiro atoms. The van der Waals surface area contributed by atoms with E-state index in [4.69, 9.17) is 5.11 Å². The number of urea groups is 1. The van der Waals surface area contributed by atoms with E-state index in [1.807, 2.05) is 16.7 Å². The summed E-state index contributed by atoms with van der Waals surface area (Å²) in [5.74, 6) is -1.04. The van der Waals surface area contributed by atoms with Crippen LogP contribution in [0.25, 0.3) is 0 Å². The average molecular weight is 269 g/mol. The van der Waals surface area contributed by atoms with Crippen molar-refractivity contribution in [3.8, 4) is 0 Å². The third kappa shape index (κ3) is 3.37. The van der Waals surface area contributed by atoms with Gasteiger partial charge in [-0.05, 0) is 32.7 Å². The number of carbonyl (C=O) groups is 2. The molecular weight excluding hydrogens is 246 g/mol. The van der Waals surface area contributed by atoms with Gasteiger partial charge in [0.1, 0.15) is 0 Å². The minimum absolute atomic E-state index is 0.0126. The first-order chi connectivity index (χ1) is 9.09. The lowest BCUT2D eigenvalue weighted by molar-refractivity contribution is -0.143. The Morgan fingerprint density at radius 3 is 2.68 bits per heavy atom. The molecule has 2 aliphatic heterocycles. The zero-order valence-electron chi connectivity index (χ0n) is 11.5. The van der Waals surface area contributed by atoms with Crippen LogP contribution in [-0.2, 0) is 4.79 Å². The zero-order chi connectivity index (χ0) is 13.8. The highest BCUT2D eigenvalue weighted by atomic mass is 16.4. The Kier molecular flexibility index (Phi) is 4.63. The molecule has 2 amide bonds. The first kappa shape index (κ1) is 14.1. The van der Waals surface area contributed by atoms with Crippen molar-refractivity contribution in [3.63, 3.8) is 0 Å². The van der Waals surface area contributed by atoms with E-state index in [1.54, 1.807) is 0 Å². The number of aliphatic carboxylic acids is 1. The van der Waals surface area contributed by atoms with E-state index in [0.29, 0.717) is 19.4 Å². The van der Waals surface area contributed by atoms with Crippen LogP contribution >= 0.6 is 0 Å². The minimum atomic E-state index is -0.738. The second-order valence-corrected chi connectivity index (χ2v) is 5.48. The van der Waals surface area contributed by atoms with E-state index in [0.717, 1.165) is 32.6 Å². The molecule has 0 aliphatic carbocycles. The Bertz CT molecular complexity index is 340. The summed E-state index contributed by atoms with van der Waals surface area (Å²) in [7, 11) is 0. The standard InChI is InChI=1S/C13H23N3O3/c1-10-9-11(12(17)18)3-7-16(10)13(19)15-6-2-4-14-5-8-15/h10-11,14H,2-9H2,1H3,(H,17,18). The number of hydrogen-bond acceptors (Lipinski definition) is 3. The van der Waals surface area contributed by atoms with Gasteiger partial charge in [0.25, 0.3) is 0 Å². The van der Waals surface area contributed by atoms with E-state index in [1.165, 1.54) is 0 Å². The summed E-state index contributed by atoms with van der Waals surface area (Å²) in [5.41, 5.74) is 0. The molecule has 2 atom stereocenters. The molecule has 2 rings (SSSR count). The van der Waals surface area contributed by atoms with Gasteiger partial charge >= 0.3 is 12.0 Å². The molecular formula is C13H23N3O3. The topological polar surface area (TPSA) is 72.9 Å². The lowest BCUT2D eigenvalue weighted by Crippen LogP contribution is -2.52. The van der Waals surface area contributed by atoms with Crippen LogP contribution in [-0.4, -0.2) is 65.7 Å². The van der Waals surface area contributed by atoms with Gasteiger partial charge in [0.15, 0.2) is 0 Å². The van der Waals surface area contributed by atoms with Crippen LogP contribution in [0.5, 0.6) is 0 Å². The van der Waals surface area contributed by atoms with Crippen molar-refractivity contribution in [2.75, 3.05) is 32.7 Å².